The number of aromatic nitrogens is 2. The van der Waals surface area contributed by atoms with Crippen molar-refractivity contribution in [2.75, 3.05) is 0 Å². The van der Waals surface area contributed by atoms with Gasteiger partial charge in [-0.3, -0.25) is 4.68 Å². The molecule has 2 aliphatic rings. The molecule has 2 bridgehead atoms. The van der Waals surface area contributed by atoms with Gasteiger partial charge in [0.1, 0.15) is 0 Å². The van der Waals surface area contributed by atoms with Crippen LogP contribution in [0.1, 0.15) is 44.5 Å². The molecule has 3 rings (SSSR count). The van der Waals surface area contributed by atoms with Crippen LogP contribution in [0.4, 0.5) is 0 Å². The average Bonchev–Trinajstić information content (AvgIpc) is 3.10. The molecule has 0 radical (unpaired) electrons. The smallest absolute Gasteiger partial charge is 0.0733 e. The van der Waals surface area contributed by atoms with Crippen molar-refractivity contribution in [1.82, 2.24) is 15.1 Å². The second-order valence-corrected chi connectivity index (χ2v) is 5.39. The maximum absolute atomic E-state index is 5.87. The van der Waals surface area contributed by atoms with Crippen molar-refractivity contribution < 1.29 is 4.74 Å². The lowest BCUT2D eigenvalue weighted by atomic mass is 9.95. The molecule has 0 spiro atoms. The zero-order valence-corrected chi connectivity index (χ0v) is 11.4. The van der Waals surface area contributed by atoms with Gasteiger partial charge in [-0.25, -0.2) is 0 Å². The second kappa shape index (κ2) is 5.02. The van der Waals surface area contributed by atoms with Gasteiger partial charge in [0, 0.05) is 19.1 Å². The summed E-state index contributed by atoms with van der Waals surface area (Å²) in [6, 6.07) is 2.78. The summed E-state index contributed by atoms with van der Waals surface area (Å²) in [5, 5.41) is 8.24. The van der Waals surface area contributed by atoms with E-state index in [1.54, 1.807) is 0 Å². The molecule has 4 nitrogen and oxygen atoms in total. The zero-order valence-electron chi connectivity index (χ0n) is 11.4. The fourth-order valence-electron chi connectivity index (χ4n) is 3.19. The number of fused-ring (bicyclic) bond motifs is 2. The first-order valence-corrected chi connectivity index (χ1v) is 7.24. The summed E-state index contributed by atoms with van der Waals surface area (Å²) in [5.74, 6) is 0. The number of ether oxygens (including phenoxy) is 1. The lowest BCUT2D eigenvalue weighted by Gasteiger charge is -2.20. The van der Waals surface area contributed by atoms with Crippen molar-refractivity contribution in [3.63, 3.8) is 0 Å². The molecule has 18 heavy (non-hydrogen) atoms. The summed E-state index contributed by atoms with van der Waals surface area (Å²) in [6.45, 7) is 6.17. The van der Waals surface area contributed by atoms with E-state index >= 15 is 0 Å². The lowest BCUT2D eigenvalue weighted by Crippen LogP contribution is -2.37. The number of aryl methyl sites for hydroxylation is 2. The molecule has 0 aliphatic carbocycles. The summed E-state index contributed by atoms with van der Waals surface area (Å²) < 4.78 is 7.98. The third-order valence-electron chi connectivity index (χ3n) is 4.23. The molecule has 2 saturated heterocycles. The molecule has 2 aliphatic heterocycles. The number of hydrogen-bond donors (Lipinski definition) is 1. The molecule has 1 aromatic heterocycles. The summed E-state index contributed by atoms with van der Waals surface area (Å²) in [7, 11) is 0. The molecule has 1 N–H and O–H groups in total. The first-order chi connectivity index (χ1) is 8.80. The predicted octanol–water partition coefficient (Wildman–Crippen LogP) is 1.87. The van der Waals surface area contributed by atoms with E-state index in [0.29, 0.717) is 18.2 Å². The molecule has 3 heterocycles. The molecule has 0 aromatic carbocycles. The van der Waals surface area contributed by atoms with Crippen LogP contribution in [0.5, 0.6) is 0 Å². The highest BCUT2D eigenvalue weighted by molar-refractivity contribution is 5.11. The maximum Gasteiger partial charge on any atom is 0.0733 e. The molecule has 0 amide bonds. The molecule has 0 saturated carbocycles. The van der Waals surface area contributed by atoms with Crippen LogP contribution in [0.3, 0.4) is 0 Å². The maximum atomic E-state index is 5.87. The van der Waals surface area contributed by atoms with Gasteiger partial charge in [-0.2, -0.15) is 5.10 Å². The second-order valence-electron chi connectivity index (χ2n) is 5.39. The van der Waals surface area contributed by atoms with Gasteiger partial charge in [-0.05, 0) is 38.7 Å². The lowest BCUT2D eigenvalue weighted by molar-refractivity contribution is 0.0972. The normalized spacial score (nSPS) is 30.2. The average molecular weight is 249 g/mol. The van der Waals surface area contributed by atoms with Gasteiger partial charge in [0.05, 0.1) is 23.6 Å². The van der Waals surface area contributed by atoms with E-state index < -0.39 is 0 Å². The Morgan fingerprint density at radius 3 is 2.94 bits per heavy atom. The van der Waals surface area contributed by atoms with E-state index in [0.717, 1.165) is 19.5 Å². The van der Waals surface area contributed by atoms with Crippen LogP contribution in [0.25, 0.3) is 0 Å². The monoisotopic (exact) mass is 249 g/mol. The van der Waals surface area contributed by atoms with Gasteiger partial charge in [0.2, 0.25) is 0 Å². The summed E-state index contributed by atoms with van der Waals surface area (Å²) in [4.78, 5) is 0. The molecule has 100 valence electrons. The van der Waals surface area contributed by atoms with Gasteiger partial charge in [0.15, 0.2) is 0 Å². The third kappa shape index (κ3) is 2.19. The van der Waals surface area contributed by atoms with Gasteiger partial charge in [0.25, 0.3) is 0 Å². The summed E-state index contributed by atoms with van der Waals surface area (Å²) in [6.07, 6.45) is 5.67. The van der Waals surface area contributed by atoms with E-state index in [9.17, 15) is 0 Å². The van der Waals surface area contributed by atoms with Gasteiger partial charge < -0.3 is 10.1 Å². The number of rotatable bonds is 5. The van der Waals surface area contributed by atoms with Crippen LogP contribution < -0.4 is 5.32 Å². The Morgan fingerprint density at radius 2 is 2.33 bits per heavy atom. The Labute approximate surface area is 109 Å². The number of nitrogens with one attached hydrogen (secondary N) is 1. The van der Waals surface area contributed by atoms with Gasteiger partial charge in [-0.1, -0.05) is 6.92 Å². The van der Waals surface area contributed by atoms with Gasteiger partial charge >= 0.3 is 0 Å². The van der Waals surface area contributed by atoms with Crippen molar-refractivity contribution in [2.24, 2.45) is 0 Å². The van der Waals surface area contributed by atoms with Crippen LogP contribution in [0.2, 0.25) is 0 Å². The van der Waals surface area contributed by atoms with Crippen molar-refractivity contribution in [3.8, 4) is 0 Å². The highest BCUT2D eigenvalue weighted by Crippen LogP contribution is 2.34. The molecule has 2 fully saturated rings. The van der Waals surface area contributed by atoms with Crippen molar-refractivity contribution in [2.45, 2.75) is 70.9 Å². The van der Waals surface area contributed by atoms with E-state index in [2.05, 4.69) is 35.0 Å². The Balaban J connectivity index is 1.61. The first kappa shape index (κ1) is 12.2. The van der Waals surface area contributed by atoms with Crippen LogP contribution in [0, 0.1) is 0 Å². The van der Waals surface area contributed by atoms with Gasteiger partial charge in [-0.15, -0.1) is 0 Å². The standard InChI is InChI=1S/C14H23N3O/c1-3-10-7-11(17(4-2)16-10)9-15-13-8-12-5-6-14(13)18-12/h7,12-15H,3-6,8-9H2,1-2H3. The Kier molecular flexibility index (Phi) is 3.39. The minimum atomic E-state index is 0.457. The van der Waals surface area contributed by atoms with Crippen LogP contribution >= 0.6 is 0 Å². The third-order valence-corrected chi connectivity index (χ3v) is 4.23. The highest BCUT2D eigenvalue weighted by atomic mass is 16.5. The molecular formula is C14H23N3O. The van der Waals surface area contributed by atoms with Crippen molar-refractivity contribution in [1.29, 1.82) is 0 Å². The number of hydrogen-bond acceptors (Lipinski definition) is 3. The van der Waals surface area contributed by atoms with E-state index in [4.69, 9.17) is 4.74 Å². The Morgan fingerprint density at radius 1 is 1.44 bits per heavy atom. The summed E-state index contributed by atoms with van der Waals surface area (Å²) in [5.41, 5.74) is 2.50. The van der Waals surface area contributed by atoms with Crippen molar-refractivity contribution in [3.05, 3.63) is 17.5 Å². The Bertz CT molecular complexity index is 415. The van der Waals surface area contributed by atoms with Crippen LogP contribution in [0.15, 0.2) is 6.07 Å². The molecular weight excluding hydrogens is 226 g/mol. The summed E-state index contributed by atoms with van der Waals surface area (Å²) >= 11 is 0. The topological polar surface area (TPSA) is 39.1 Å². The Hall–Kier alpha value is -0.870. The number of nitrogens with zero attached hydrogens (tertiary/aromatic N) is 2. The van der Waals surface area contributed by atoms with E-state index in [1.807, 2.05) is 0 Å². The SMILES string of the molecule is CCc1cc(CNC2CC3CCC2O3)n(CC)n1. The fraction of sp³-hybridized carbons (Fsp3) is 0.786. The molecule has 3 unspecified atom stereocenters. The quantitative estimate of drug-likeness (QED) is 0.866. The predicted molar refractivity (Wildman–Crippen MR) is 70.4 cm³/mol. The minimum Gasteiger partial charge on any atom is -0.373 e. The van der Waals surface area contributed by atoms with Crippen LogP contribution in [-0.2, 0) is 24.2 Å². The minimum absolute atomic E-state index is 0.457. The molecule has 3 atom stereocenters. The fourth-order valence-corrected chi connectivity index (χ4v) is 3.19. The first-order valence-electron chi connectivity index (χ1n) is 7.24. The van der Waals surface area contributed by atoms with E-state index in [1.165, 1.54) is 30.7 Å². The molecule has 4 heteroatoms. The molecule has 1 aromatic rings. The largest absolute Gasteiger partial charge is 0.373 e. The highest BCUT2D eigenvalue weighted by Gasteiger charge is 2.40. The van der Waals surface area contributed by atoms with E-state index in [-0.39, 0.29) is 0 Å². The van der Waals surface area contributed by atoms with Crippen LogP contribution in [-0.4, -0.2) is 28.0 Å². The zero-order chi connectivity index (χ0) is 12.5. The van der Waals surface area contributed by atoms with Crippen molar-refractivity contribution >= 4 is 0 Å².